The minimum Gasteiger partial charge on any atom is -0.310 e. The second-order valence-electron chi connectivity index (χ2n) is 4.58. The molecule has 1 aromatic carbocycles. The van der Waals surface area contributed by atoms with Crippen molar-refractivity contribution >= 4 is 0 Å². The molecule has 17 heavy (non-hydrogen) atoms. The van der Waals surface area contributed by atoms with Gasteiger partial charge in [-0.15, -0.1) is 0 Å². The average molecular weight is 237 g/mol. The van der Waals surface area contributed by atoms with Crippen molar-refractivity contribution in [3.8, 4) is 0 Å². The molecule has 0 aliphatic carbocycles. The van der Waals surface area contributed by atoms with Gasteiger partial charge in [0, 0.05) is 6.04 Å². The highest BCUT2D eigenvalue weighted by molar-refractivity contribution is 5.20. The van der Waals surface area contributed by atoms with Gasteiger partial charge in [-0.3, -0.25) is 0 Å². The van der Waals surface area contributed by atoms with Crippen LogP contribution in [0.4, 0.5) is 4.39 Å². The van der Waals surface area contributed by atoms with Gasteiger partial charge in [0.1, 0.15) is 5.82 Å². The zero-order valence-corrected chi connectivity index (χ0v) is 11.2. The molecule has 1 rings (SSSR count). The maximum Gasteiger partial charge on any atom is 0.123 e. The molecular weight excluding hydrogens is 213 g/mol. The third-order valence-corrected chi connectivity index (χ3v) is 3.45. The lowest BCUT2D eigenvalue weighted by atomic mass is 9.91. The second-order valence-corrected chi connectivity index (χ2v) is 4.58. The monoisotopic (exact) mass is 237 g/mol. The van der Waals surface area contributed by atoms with Gasteiger partial charge < -0.3 is 5.32 Å². The molecule has 0 radical (unpaired) electrons. The van der Waals surface area contributed by atoms with E-state index in [9.17, 15) is 4.39 Å². The van der Waals surface area contributed by atoms with Crippen LogP contribution in [-0.2, 0) is 0 Å². The van der Waals surface area contributed by atoms with E-state index in [0.29, 0.717) is 6.04 Å². The Morgan fingerprint density at radius 3 is 2.12 bits per heavy atom. The molecule has 96 valence electrons. The molecule has 0 aliphatic heterocycles. The Hall–Kier alpha value is -0.890. The molecule has 1 unspecified atom stereocenters. The molecule has 0 spiro atoms. The van der Waals surface area contributed by atoms with Gasteiger partial charge in [-0.2, -0.15) is 0 Å². The predicted molar refractivity (Wildman–Crippen MR) is 71.5 cm³/mol. The standard InChI is InChI=1S/C15H24FN/c1-4-12(5-2)11-15(17-6-3)13-7-9-14(16)10-8-13/h7-10,12,15,17H,4-6,11H2,1-3H3. The number of benzene rings is 1. The highest BCUT2D eigenvalue weighted by Crippen LogP contribution is 2.25. The van der Waals surface area contributed by atoms with Crippen LogP contribution in [-0.4, -0.2) is 6.54 Å². The van der Waals surface area contributed by atoms with E-state index in [2.05, 4.69) is 26.1 Å². The van der Waals surface area contributed by atoms with E-state index < -0.39 is 0 Å². The van der Waals surface area contributed by atoms with Crippen LogP contribution in [0.1, 0.15) is 51.6 Å². The van der Waals surface area contributed by atoms with Crippen LogP contribution in [0.5, 0.6) is 0 Å². The van der Waals surface area contributed by atoms with Crippen molar-refractivity contribution in [3.05, 3.63) is 35.6 Å². The Bertz CT molecular complexity index is 303. The molecule has 0 heterocycles. The molecule has 1 nitrogen and oxygen atoms in total. The Morgan fingerprint density at radius 2 is 1.65 bits per heavy atom. The average Bonchev–Trinajstić information content (AvgIpc) is 2.35. The van der Waals surface area contributed by atoms with E-state index in [1.54, 1.807) is 12.1 Å². The van der Waals surface area contributed by atoms with Crippen molar-refractivity contribution in [1.82, 2.24) is 5.32 Å². The third-order valence-electron chi connectivity index (χ3n) is 3.45. The molecule has 2 heteroatoms. The molecule has 0 amide bonds. The van der Waals surface area contributed by atoms with Gasteiger partial charge in [0.05, 0.1) is 0 Å². The largest absolute Gasteiger partial charge is 0.310 e. The minimum atomic E-state index is -0.161. The summed E-state index contributed by atoms with van der Waals surface area (Å²) in [7, 11) is 0. The summed E-state index contributed by atoms with van der Waals surface area (Å²) in [5.74, 6) is 0.579. The fourth-order valence-electron chi connectivity index (χ4n) is 2.23. The van der Waals surface area contributed by atoms with Crippen LogP contribution >= 0.6 is 0 Å². The summed E-state index contributed by atoms with van der Waals surface area (Å²) in [6.45, 7) is 7.54. The van der Waals surface area contributed by atoms with E-state index in [4.69, 9.17) is 0 Å². The van der Waals surface area contributed by atoms with E-state index >= 15 is 0 Å². The SMILES string of the molecule is CCNC(CC(CC)CC)c1ccc(F)cc1. The Morgan fingerprint density at radius 1 is 1.06 bits per heavy atom. The van der Waals surface area contributed by atoms with Crippen LogP contribution in [0.3, 0.4) is 0 Å². The van der Waals surface area contributed by atoms with E-state index in [0.717, 1.165) is 18.9 Å². The van der Waals surface area contributed by atoms with Crippen LogP contribution in [0.15, 0.2) is 24.3 Å². The molecule has 0 aliphatic rings. The Balaban J connectivity index is 2.73. The molecule has 0 saturated heterocycles. The number of rotatable bonds is 7. The van der Waals surface area contributed by atoms with Crippen molar-refractivity contribution in [2.45, 2.75) is 46.1 Å². The summed E-state index contributed by atoms with van der Waals surface area (Å²) in [5, 5.41) is 3.50. The van der Waals surface area contributed by atoms with Crippen LogP contribution in [0.25, 0.3) is 0 Å². The van der Waals surface area contributed by atoms with Crippen molar-refractivity contribution < 1.29 is 4.39 Å². The predicted octanol–water partition coefficient (Wildman–Crippen LogP) is 4.30. The second kappa shape index (κ2) is 7.44. The molecule has 0 saturated carbocycles. The Kier molecular flexibility index (Phi) is 6.20. The lowest BCUT2D eigenvalue weighted by Crippen LogP contribution is -2.23. The van der Waals surface area contributed by atoms with Gasteiger partial charge in [-0.25, -0.2) is 4.39 Å². The summed E-state index contributed by atoms with van der Waals surface area (Å²) >= 11 is 0. The lowest BCUT2D eigenvalue weighted by Gasteiger charge is -2.23. The molecule has 0 fully saturated rings. The summed E-state index contributed by atoms with van der Waals surface area (Å²) in [6.07, 6.45) is 3.55. The first-order chi connectivity index (χ1) is 8.21. The van der Waals surface area contributed by atoms with Gasteiger partial charge in [0.15, 0.2) is 0 Å². The smallest absolute Gasteiger partial charge is 0.123 e. The first-order valence-corrected chi connectivity index (χ1v) is 6.70. The summed E-state index contributed by atoms with van der Waals surface area (Å²) in [5.41, 5.74) is 1.19. The topological polar surface area (TPSA) is 12.0 Å². The zero-order chi connectivity index (χ0) is 12.7. The van der Waals surface area contributed by atoms with Crippen molar-refractivity contribution in [3.63, 3.8) is 0 Å². The highest BCUT2D eigenvalue weighted by Gasteiger charge is 2.15. The van der Waals surface area contributed by atoms with Crippen LogP contribution in [0.2, 0.25) is 0 Å². The molecule has 1 N–H and O–H groups in total. The molecular formula is C15H24FN. The summed E-state index contributed by atoms with van der Waals surface area (Å²) < 4.78 is 12.9. The van der Waals surface area contributed by atoms with Crippen molar-refractivity contribution in [2.75, 3.05) is 6.54 Å². The normalized spacial score (nSPS) is 13.0. The van der Waals surface area contributed by atoms with Gasteiger partial charge in [-0.05, 0) is 36.6 Å². The van der Waals surface area contributed by atoms with Crippen molar-refractivity contribution in [1.29, 1.82) is 0 Å². The van der Waals surface area contributed by atoms with Gasteiger partial charge >= 0.3 is 0 Å². The van der Waals surface area contributed by atoms with E-state index in [-0.39, 0.29) is 5.82 Å². The first-order valence-electron chi connectivity index (χ1n) is 6.70. The summed E-state index contributed by atoms with van der Waals surface area (Å²) in [4.78, 5) is 0. The maximum atomic E-state index is 12.9. The van der Waals surface area contributed by atoms with Crippen LogP contribution in [0, 0.1) is 11.7 Å². The van der Waals surface area contributed by atoms with Crippen LogP contribution < -0.4 is 5.32 Å². The van der Waals surface area contributed by atoms with E-state index in [1.807, 2.05) is 12.1 Å². The summed E-state index contributed by atoms with van der Waals surface area (Å²) in [6, 6.07) is 7.24. The fraction of sp³-hybridized carbons (Fsp3) is 0.600. The first kappa shape index (κ1) is 14.2. The molecule has 1 atom stereocenters. The van der Waals surface area contributed by atoms with Gasteiger partial charge in [0.25, 0.3) is 0 Å². The van der Waals surface area contributed by atoms with E-state index in [1.165, 1.54) is 18.4 Å². The lowest BCUT2D eigenvalue weighted by molar-refractivity contribution is 0.375. The molecule has 0 bridgehead atoms. The zero-order valence-electron chi connectivity index (χ0n) is 11.2. The quantitative estimate of drug-likeness (QED) is 0.745. The number of nitrogens with one attached hydrogen (secondary N) is 1. The number of halogens is 1. The maximum absolute atomic E-state index is 12.9. The molecule has 0 aromatic heterocycles. The minimum absolute atomic E-state index is 0.161. The highest BCUT2D eigenvalue weighted by atomic mass is 19.1. The number of hydrogen-bond acceptors (Lipinski definition) is 1. The third kappa shape index (κ3) is 4.47. The number of hydrogen-bond donors (Lipinski definition) is 1. The molecule has 1 aromatic rings. The Labute approximate surface area is 104 Å². The fourth-order valence-corrected chi connectivity index (χ4v) is 2.23. The van der Waals surface area contributed by atoms with Crippen molar-refractivity contribution in [2.24, 2.45) is 5.92 Å². The van der Waals surface area contributed by atoms with Gasteiger partial charge in [-0.1, -0.05) is 45.7 Å². The van der Waals surface area contributed by atoms with Gasteiger partial charge in [0.2, 0.25) is 0 Å².